The zero-order valence-electron chi connectivity index (χ0n) is 20.7. The lowest BCUT2D eigenvalue weighted by Crippen LogP contribution is -2.51. The van der Waals surface area contributed by atoms with Gasteiger partial charge in [0.2, 0.25) is 5.91 Å². The maximum absolute atomic E-state index is 13.9. The Kier molecular flexibility index (Phi) is 8.64. The molecule has 7 nitrogen and oxygen atoms in total. The highest BCUT2D eigenvalue weighted by molar-refractivity contribution is 7.93. The fourth-order valence-electron chi connectivity index (χ4n) is 4.32. The topological polar surface area (TPSA) is 70.2 Å². The molecule has 1 heterocycles. The summed E-state index contributed by atoms with van der Waals surface area (Å²) in [6, 6.07) is 19.5. The van der Waals surface area contributed by atoms with Gasteiger partial charge in [0.1, 0.15) is 17.2 Å². The highest BCUT2D eigenvalue weighted by Crippen LogP contribution is 2.33. The van der Waals surface area contributed by atoms with Crippen molar-refractivity contribution in [1.82, 2.24) is 9.80 Å². The standard InChI is InChI=1S/C27H29Cl2N3O4S/c1-20-8-9-25(36-2)26(14-20)37(34,35)32(24-16-22(28)15-23(29)17-24)19-27(33)31-12-10-30(11-13-31)18-21-6-4-3-5-7-21/h3-9,14-17H,10-13,18-19H2,1-2H3. The van der Waals surface area contributed by atoms with Crippen LogP contribution in [-0.2, 0) is 21.4 Å². The molecule has 3 aromatic rings. The van der Waals surface area contributed by atoms with Gasteiger partial charge in [0.15, 0.2) is 0 Å². The molecule has 4 rings (SSSR count). The van der Waals surface area contributed by atoms with Gasteiger partial charge in [0.25, 0.3) is 10.0 Å². The van der Waals surface area contributed by atoms with Crippen molar-refractivity contribution < 1.29 is 17.9 Å². The van der Waals surface area contributed by atoms with Crippen LogP contribution >= 0.6 is 23.2 Å². The molecule has 0 saturated carbocycles. The molecular formula is C27H29Cl2N3O4S. The van der Waals surface area contributed by atoms with Gasteiger partial charge in [-0.2, -0.15) is 0 Å². The third-order valence-corrected chi connectivity index (χ3v) is 8.51. The molecule has 0 unspecified atom stereocenters. The molecule has 0 bridgehead atoms. The molecule has 1 saturated heterocycles. The third kappa shape index (κ3) is 6.57. The van der Waals surface area contributed by atoms with Crippen LogP contribution < -0.4 is 9.04 Å². The molecule has 0 atom stereocenters. The van der Waals surface area contributed by atoms with E-state index in [0.29, 0.717) is 26.2 Å². The summed E-state index contributed by atoms with van der Waals surface area (Å²) in [5, 5.41) is 0.529. The van der Waals surface area contributed by atoms with Gasteiger partial charge in [0, 0.05) is 42.8 Å². The number of hydrogen-bond acceptors (Lipinski definition) is 5. The Morgan fingerprint density at radius 1 is 0.946 bits per heavy atom. The van der Waals surface area contributed by atoms with Crippen molar-refractivity contribution in [3.05, 3.63) is 87.9 Å². The lowest BCUT2D eigenvalue weighted by atomic mass is 10.2. The average Bonchev–Trinajstić information content (AvgIpc) is 2.87. The highest BCUT2D eigenvalue weighted by atomic mass is 35.5. The number of piperazine rings is 1. The number of methoxy groups -OCH3 is 1. The molecular weight excluding hydrogens is 533 g/mol. The van der Waals surface area contributed by atoms with E-state index in [9.17, 15) is 13.2 Å². The molecule has 37 heavy (non-hydrogen) atoms. The lowest BCUT2D eigenvalue weighted by molar-refractivity contribution is -0.131. The number of anilines is 1. The molecule has 1 aliphatic heterocycles. The van der Waals surface area contributed by atoms with Crippen molar-refractivity contribution in [2.24, 2.45) is 0 Å². The summed E-state index contributed by atoms with van der Waals surface area (Å²) in [6.45, 7) is 4.60. The Bertz CT molecular complexity index is 1340. The lowest BCUT2D eigenvalue weighted by Gasteiger charge is -2.36. The zero-order valence-corrected chi connectivity index (χ0v) is 23.1. The number of hydrogen-bond donors (Lipinski definition) is 0. The van der Waals surface area contributed by atoms with Crippen molar-refractivity contribution in [1.29, 1.82) is 0 Å². The van der Waals surface area contributed by atoms with Crippen LogP contribution in [0.1, 0.15) is 11.1 Å². The quantitative estimate of drug-likeness (QED) is 0.393. The van der Waals surface area contributed by atoms with Crippen molar-refractivity contribution in [3.8, 4) is 5.75 Å². The number of carbonyl (C=O) groups excluding carboxylic acids is 1. The summed E-state index contributed by atoms with van der Waals surface area (Å²) in [4.78, 5) is 17.4. The normalized spacial score (nSPS) is 14.4. The predicted molar refractivity (Wildman–Crippen MR) is 147 cm³/mol. The Morgan fingerprint density at radius 2 is 1.59 bits per heavy atom. The van der Waals surface area contributed by atoms with Crippen LogP contribution in [0.15, 0.2) is 71.6 Å². The molecule has 1 fully saturated rings. The Hall–Kier alpha value is -2.78. The van der Waals surface area contributed by atoms with E-state index in [1.54, 1.807) is 24.0 Å². The van der Waals surface area contributed by atoms with E-state index in [1.807, 2.05) is 18.2 Å². The highest BCUT2D eigenvalue weighted by Gasteiger charge is 2.32. The van der Waals surface area contributed by atoms with Crippen molar-refractivity contribution in [2.75, 3.05) is 44.1 Å². The number of nitrogens with zero attached hydrogens (tertiary/aromatic N) is 3. The SMILES string of the molecule is COc1ccc(C)cc1S(=O)(=O)N(CC(=O)N1CCN(Cc2ccccc2)CC1)c1cc(Cl)cc(Cl)c1. The molecule has 196 valence electrons. The summed E-state index contributed by atoms with van der Waals surface area (Å²) in [7, 11) is -2.80. The van der Waals surface area contributed by atoms with Crippen LogP contribution in [0.4, 0.5) is 5.69 Å². The fraction of sp³-hybridized carbons (Fsp3) is 0.296. The monoisotopic (exact) mass is 561 g/mol. The minimum Gasteiger partial charge on any atom is -0.495 e. The van der Waals surface area contributed by atoms with Crippen LogP contribution in [0, 0.1) is 6.92 Å². The molecule has 0 spiro atoms. The van der Waals surface area contributed by atoms with Gasteiger partial charge in [0.05, 0.1) is 12.8 Å². The second-order valence-corrected chi connectivity index (χ2v) is 11.6. The summed E-state index contributed by atoms with van der Waals surface area (Å²) < 4.78 is 34.3. The van der Waals surface area contributed by atoms with Crippen molar-refractivity contribution in [2.45, 2.75) is 18.4 Å². The average molecular weight is 563 g/mol. The molecule has 0 aromatic heterocycles. The predicted octanol–water partition coefficient (Wildman–Crippen LogP) is 4.85. The fourth-order valence-corrected chi connectivity index (χ4v) is 6.48. The molecule has 1 amide bonds. The van der Waals surface area contributed by atoms with Crippen molar-refractivity contribution in [3.63, 3.8) is 0 Å². The first kappa shape index (κ1) is 27.3. The summed E-state index contributed by atoms with van der Waals surface area (Å²) >= 11 is 12.4. The van der Waals surface area contributed by atoms with Gasteiger partial charge in [-0.3, -0.25) is 14.0 Å². The van der Waals surface area contributed by atoms with Gasteiger partial charge in [-0.15, -0.1) is 0 Å². The van der Waals surface area contributed by atoms with Gasteiger partial charge >= 0.3 is 0 Å². The Balaban J connectivity index is 1.58. The van der Waals surface area contributed by atoms with Gasteiger partial charge in [-0.1, -0.05) is 59.6 Å². The molecule has 0 aliphatic carbocycles. The van der Waals surface area contributed by atoms with Gasteiger partial charge < -0.3 is 9.64 Å². The Morgan fingerprint density at radius 3 is 2.22 bits per heavy atom. The van der Waals surface area contributed by atoms with Gasteiger partial charge in [-0.05, 0) is 48.4 Å². The molecule has 0 N–H and O–H groups in total. The third-order valence-electron chi connectivity index (χ3n) is 6.28. The minimum atomic E-state index is -4.20. The maximum Gasteiger partial charge on any atom is 0.268 e. The van der Waals surface area contributed by atoms with Crippen LogP contribution in [-0.4, -0.2) is 64.0 Å². The number of halogens is 2. The minimum absolute atomic E-state index is 0.0356. The van der Waals surface area contributed by atoms with Crippen molar-refractivity contribution >= 4 is 44.8 Å². The van der Waals surface area contributed by atoms with E-state index >= 15 is 0 Å². The van der Waals surface area contributed by atoms with E-state index in [-0.39, 0.29) is 32.3 Å². The van der Waals surface area contributed by atoms with E-state index in [1.165, 1.54) is 36.9 Å². The van der Waals surface area contributed by atoms with Gasteiger partial charge in [-0.25, -0.2) is 8.42 Å². The maximum atomic E-state index is 13.9. The Labute approximate surface area is 228 Å². The summed E-state index contributed by atoms with van der Waals surface area (Å²) in [5.74, 6) is -0.114. The second kappa shape index (κ2) is 11.7. The number of ether oxygens (including phenoxy) is 1. The smallest absolute Gasteiger partial charge is 0.268 e. The van der Waals surface area contributed by atoms with E-state index < -0.39 is 16.6 Å². The second-order valence-electron chi connectivity index (χ2n) is 8.94. The number of amides is 1. The van der Waals surface area contributed by atoms with Crippen LogP contribution in [0.2, 0.25) is 10.0 Å². The zero-order chi connectivity index (χ0) is 26.6. The molecule has 0 radical (unpaired) electrons. The van der Waals surface area contributed by atoms with E-state index in [4.69, 9.17) is 27.9 Å². The number of carbonyl (C=O) groups is 1. The summed E-state index contributed by atoms with van der Waals surface area (Å²) in [5.41, 5.74) is 2.16. The van der Waals surface area contributed by atoms with Crippen LogP contribution in [0.5, 0.6) is 5.75 Å². The number of aryl methyl sites for hydroxylation is 1. The largest absolute Gasteiger partial charge is 0.495 e. The van der Waals surface area contributed by atoms with E-state index in [2.05, 4.69) is 17.0 Å². The van der Waals surface area contributed by atoms with Crippen LogP contribution in [0.3, 0.4) is 0 Å². The van der Waals surface area contributed by atoms with Crippen LogP contribution in [0.25, 0.3) is 0 Å². The molecule has 10 heteroatoms. The first-order chi connectivity index (χ1) is 17.7. The first-order valence-electron chi connectivity index (χ1n) is 11.8. The number of sulfonamides is 1. The van der Waals surface area contributed by atoms with E-state index in [0.717, 1.165) is 16.4 Å². The number of benzene rings is 3. The first-order valence-corrected chi connectivity index (χ1v) is 14.0. The summed E-state index contributed by atoms with van der Waals surface area (Å²) in [6.07, 6.45) is 0. The number of rotatable bonds is 8. The molecule has 3 aromatic carbocycles. The molecule has 1 aliphatic rings.